The van der Waals surface area contributed by atoms with E-state index in [2.05, 4.69) is 0 Å². The van der Waals surface area contributed by atoms with Gasteiger partial charge in [0.15, 0.2) is 0 Å². The summed E-state index contributed by atoms with van der Waals surface area (Å²) in [5.41, 5.74) is 5.50. The third-order valence-electron chi connectivity index (χ3n) is 3.02. The fourth-order valence-electron chi connectivity index (χ4n) is 2.03. The molecule has 0 spiro atoms. The summed E-state index contributed by atoms with van der Waals surface area (Å²) in [6, 6.07) is -2.53. The van der Waals surface area contributed by atoms with Gasteiger partial charge in [-0.05, 0) is 39.5 Å². The highest BCUT2D eigenvalue weighted by atomic mass is 19.4. The molecule has 0 saturated heterocycles. The smallest absolute Gasteiger partial charge is 0.326 e. The summed E-state index contributed by atoms with van der Waals surface area (Å²) >= 11 is 0. The molecule has 0 bridgehead atoms. The molecule has 1 fully saturated rings. The molecule has 0 amide bonds. The second-order valence-electron chi connectivity index (χ2n) is 5.08. The highest BCUT2D eigenvalue weighted by Gasteiger charge is 2.47. The van der Waals surface area contributed by atoms with Gasteiger partial charge >= 0.3 is 6.18 Å². The summed E-state index contributed by atoms with van der Waals surface area (Å²) < 4.78 is 38.8. The topological polar surface area (TPSA) is 29.3 Å². The van der Waals surface area contributed by atoms with Crippen LogP contribution in [0.15, 0.2) is 0 Å². The standard InChI is InChI=1S/C11H21F3N2/c1-7(2)16(6-9-4-5-9)10(8(3)15)11(12,13)14/h7-10H,4-6,15H2,1-3H3. The van der Waals surface area contributed by atoms with Crippen LogP contribution in [0.3, 0.4) is 0 Å². The molecule has 2 N–H and O–H groups in total. The lowest BCUT2D eigenvalue weighted by Gasteiger charge is -2.38. The molecule has 1 aliphatic carbocycles. The molecule has 1 saturated carbocycles. The molecular weight excluding hydrogens is 217 g/mol. The first-order valence-electron chi connectivity index (χ1n) is 5.81. The summed E-state index contributed by atoms with van der Waals surface area (Å²) in [6.07, 6.45) is -2.15. The summed E-state index contributed by atoms with van der Waals surface area (Å²) in [6.45, 7) is 5.54. The zero-order valence-corrected chi connectivity index (χ0v) is 10.1. The molecule has 0 aliphatic heterocycles. The van der Waals surface area contributed by atoms with Crippen LogP contribution in [-0.4, -0.2) is 35.7 Å². The number of rotatable bonds is 5. The number of nitrogens with zero attached hydrogens (tertiary/aromatic N) is 1. The van der Waals surface area contributed by atoms with Gasteiger partial charge < -0.3 is 5.73 Å². The second kappa shape index (κ2) is 4.92. The lowest BCUT2D eigenvalue weighted by atomic mass is 10.1. The molecule has 0 heterocycles. The average molecular weight is 238 g/mol. The summed E-state index contributed by atoms with van der Waals surface area (Å²) in [5.74, 6) is 0.436. The maximum absolute atomic E-state index is 12.9. The summed E-state index contributed by atoms with van der Waals surface area (Å²) in [7, 11) is 0. The van der Waals surface area contributed by atoms with Crippen molar-refractivity contribution in [2.75, 3.05) is 6.54 Å². The maximum Gasteiger partial charge on any atom is 0.405 e. The van der Waals surface area contributed by atoms with Gasteiger partial charge in [0.2, 0.25) is 0 Å². The van der Waals surface area contributed by atoms with E-state index in [0.29, 0.717) is 12.5 Å². The molecule has 1 rings (SSSR count). The fraction of sp³-hybridized carbons (Fsp3) is 1.00. The normalized spacial score (nSPS) is 21.6. The summed E-state index contributed by atoms with van der Waals surface area (Å²) in [5, 5.41) is 0. The molecule has 0 aromatic heterocycles. The van der Waals surface area contributed by atoms with E-state index in [1.807, 2.05) is 0 Å². The van der Waals surface area contributed by atoms with Crippen LogP contribution < -0.4 is 5.73 Å². The molecule has 0 aromatic rings. The van der Waals surface area contributed by atoms with E-state index in [1.54, 1.807) is 13.8 Å². The van der Waals surface area contributed by atoms with E-state index in [1.165, 1.54) is 11.8 Å². The SMILES string of the molecule is CC(N)C(N(CC1CC1)C(C)C)C(F)(F)F. The van der Waals surface area contributed by atoms with Crippen LogP contribution in [0, 0.1) is 5.92 Å². The first-order chi connectivity index (χ1) is 7.23. The van der Waals surface area contributed by atoms with Crippen molar-refractivity contribution in [3.05, 3.63) is 0 Å². The minimum absolute atomic E-state index is 0.127. The number of hydrogen-bond donors (Lipinski definition) is 1. The molecule has 5 heteroatoms. The molecule has 0 aromatic carbocycles. The Kier molecular flexibility index (Phi) is 4.23. The van der Waals surface area contributed by atoms with Gasteiger partial charge in [-0.15, -0.1) is 0 Å². The molecular formula is C11H21F3N2. The van der Waals surface area contributed by atoms with Crippen molar-refractivity contribution >= 4 is 0 Å². The Morgan fingerprint density at radius 1 is 1.25 bits per heavy atom. The van der Waals surface area contributed by atoms with E-state index in [4.69, 9.17) is 5.73 Å². The van der Waals surface area contributed by atoms with Gasteiger partial charge in [-0.3, -0.25) is 4.90 Å². The number of hydrogen-bond acceptors (Lipinski definition) is 2. The Balaban J connectivity index is 2.77. The predicted octanol–water partition coefficient (Wildman–Crippen LogP) is 2.38. The van der Waals surface area contributed by atoms with E-state index < -0.39 is 18.3 Å². The summed E-state index contributed by atoms with van der Waals surface area (Å²) in [4.78, 5) is 1.50. The van der Waals surface area contributed by atoms with Crippen LogP contribution >= 0.6 is 0 Å². The molecule has 2 atom stereocenters. The highest BCUT2D eigenvalue weighted by molar-refractivity contribution is 4.90. The van der Waals surface area contributed by atoms with Gasteiger partial charge in [0.25, 0.3) is 0 Å². The van der Waals surface area contributed by atoms with Gasteiger partial charge in [0.05, 0.1) is 0 Å². The molecule has 2 nitrogen and oxygen atoms in total. The van der Waals surface area contributed by atoms with E-state index in [-0.39, 0.29) is 6.04 Å². The van der Waals surface area contributed by atoms with Crippen LogP contribution in [-0.2, 0) is 0 Å². The van der Waals surface area contributed by atoms with E-state index in [9.17, 15) is 13.2 Å². The lowest BCUT2D eigenvalue weighted by molar-refractivity contribution is -0.193. The maximum atomic E-state index is 12.9. The Bertz CT molecular complexity index is 222. The molecule has 96 valence electrons. The zero-order chi connectivity index (χ0) is 12.5. The van der Waals surface area contributed by atoms with Gasteiger partial charge in [0.1, 0.15) is 6.04 Å². The van der Waals surface area contributed by atoms with Gasteiger partial charge in [0, 0.05) is 18.6 Å². The van der Waals surface area contributed by atoms with Gasteiger partial charge in [-0.1, -0.05) is 0 Å². The molecule has 0 radical (unpaired) electrons. The molecule has 2 unspecified atom stereocenters. The Morgan fingerprint density at radius 2 is 1.75 bits per heavy atom. The van der Waals surface area contributed by atoms with Crippen LogP contribution in [0.25, 0.3) is 0 Å². The molecule has 1 aliphatic rings. The van der Waals surface area contributed by atoms with Crippen molar-refractivity contribution < 1.29 is 13.2 Å². The van der Waals surface area contributed by atoms with Gasteiger partial charge in [-0.2, -0.15) is 13.2 Å². The monoisotopic (exact) mass is 238 g/mol. The quantitative estimate of drug-likeness (QED) is 0.796. The van der Waals surface area contributed by atoms with Crippen molar-refractivity contribution in [2.45, 2.75) is 57.9 Å². The second-order valence-corrected chi connectivity index (χ2v) is 5.08. The van der Waals surface area contributed by atoms with Crippen LogP contribution in [0.4, 0.5) is 13.2 Å². The Hall–Kier alpha value is -0.290. The predicted molar refractivity (Wildman–Crippen MR) is 58.1 cm³/mol. The van der Waals surface area contributed by atoms with Crippen molar-refractivity contribution in [1.29, 1.82) is 0 Å². The average Bonchev–Trinajstić information content (AvgIpc) is 2.82. The first-order valence-corrected chi connectivity index (χ1v) is 5.81. The van der Waals surface area contributed by atoms with E-state index >= 15 is 0 Å². The van der Waals surface area contributed by atoms with Crippen LogP contribution in [0.1, 0.15) is 33.6 Å². The van der Waals surface area contributed by atoms with Crippen molar-refractivity contribution in [3.63, 3.8) is 0 Å². The Morgan fingerprint density at radius 3 is 2.00 bits per heavy atom. The van der Waals surface area contributed by atoms with Crippen molar-refractivity contribution in [3.8, 4) is 0 Å². The number of halogens is 3. The van der Waals surface area contributed by atoms with Crippen molar-refractivity contribution in [1.82, 2.24) is 4.90 Å². The number of alkyl halides is 3. The first kappa shape index (κ1) is 13.8. The largest absolute Gasteiger partial charge is 0.405 e. The van der Waals surface area contributed by atoms with E-state index in [0.717, 1.165) is 12.8 Å². The van der Waals surface area contributed by atoms with Crippen molar-refractivity contribution in [2.24, 2.45) is 11.7 Å². The third kappa shape index (κ3) is 3.63. The Labute approximate surface area is 95.0 Å². The zero-order valence-electron chi connectivity index (χ0n) is 10.1. The minimum Gasteiger partial charge on any atom is -0.326 e. The van der Waals surface area contributed by atoms with Crippen LogP contribution in [0.2, 0.25) is 0 Å². The van der Waals surface area contributed by atoms with Crippen LogP contribution in [0.5, 0.6) is 0 Å². The third-order valence-corrected chi connectivity index (χ3v) is 3.02. The van der Waals surface area contributed by atoms with Gasteiger partial charge in [-0.25, -0.2) is 0 Å². The highest BCUT2D eigenvalue weighted by Crippen LogP contribution is 2.34. The minimum atomic E-state index is -4.24. The lowest BCUT2D eigenvalue weighted by Crippen LogP contribution is -2.57. The molecule has 16 heavy (non-hydrogen) atoms. The fourth-order valence-corrected chi connectivity index (χ4v) is 2.03. The number of nitrogens with two attached hydrogens (primary N) is 1.